The van der Waals surface area contributed by atoms with E-state index in [1.807, 2.05) is 0 Å². The van der Waals surface area contributed by atoms with E-state index in [0.717, 1.165) is 0 Å². The lowest BCUT2D eigenvalue weighted by Gasteiger charge is -2.09. The first-order chi connectivity index (χ1) is 10.0. The van der Waals surface area contributed by atoms with Crippen molar-refractivity contribution < 1.29 is 18.7 Å². The Balaban J connectivity index is 2.09. The summed E-state index contributed by atoms with van der Waals surface area (Å²) in [5.74, 6) is -0.753. The monoisotopic (exact) mass is 309 g/mol. The smallest absolute Gasteiger partial charge is 0.342 e. The molecule has 0 fully saturated rings. The highest BCUT2D eigenvalue weighted by atomic mass is 35.5. The average molecular weight is 310 g/mol. The zero-order valence-corrected chi connectivity index (χ0v) is 12.0. The summed E-state index contributed by atoms with van der Waals surface area (Å²) in [5.41, 5.74) is 6.95. The van der Waals surface area contributed by atoms with Crippen LogP contribution in [0.4, 0.5) is 10.1 Å². The van der Waals surface area contributed by atoms with Gasteiger partial charge in [-0.2, -0.15) is 0 Å². The number of rotatable bonds is 4. The van der Waals surface area contributed by atoms with Crippen molar-refractivity contribution in [3.05, 3.63) is 58.4 Å². The summed E-state index contributed by atoms with van der Waals surface area (Å²) < 4.78 is 23.3. The summed E-state index contributed by atoms with van der Waals surface area (Å²) in [5, 5.41) is -0.0198. The zero-order valence-electron chi connectivity index (χ0n) is 11.2. The lowest BCUT2D eigenvalue weighted by atomic mass is 10.2. The Bertz CT molecular complexity index is 676. The van der Waals surface area contributed by atoms with Gasteiger partial charge in [-0.3, -0.25) is 0 Å². The van der Waals surface area contributed by atoms with Gasteiger partial charge in [-0.15, -0.1) is 0 Å². The largest absolute Gasteiger partial charge is 0.496 e. The Labute approximate surface area is 126 Å². The zero-order chi connectivity index (χ0) is 15.4. The molecule has 4 nitrogen and oxygen atoms in total. The number of halogens is 2. The topological polar surface area (TPSA) is 61.5 Å². The van der Waals surface area contributed by atoms with Crippen LogP contribution in [0.3, 0.4) is 0 Å². The fourth-order valence-corrected chi connectivity index (χ4v) is 1.94. The maximum atomic E-state index is 13.0. The minimum Gasteiger partial charge on any atom is -0.496 e. The first kappa shape index (κ1) is 15.1. The highest BCUT2D eigenvalue weighted by molar-refractivity contribution is 6.30. The van der Waals surface area contributed by atoms with Crippen LogP contribution in [0.15, 0.2) is 36.4 Å². The second kappa shape index (κ2) is 6.45. The number of carbonyl (C=O) groups excluding carboxylic acids is 1. The van der Waals surface area contributed by atoms with Gasteiger partial charge in [0.1, 0.15) is 23.7 Å². The number of ether oxygens (including phenoxy) is 2. The third-order valence-corrected chi connectivity index (χ3v) is 3.09. The number of methoxy groups -OCH3 is 1. The van der Waals surface area contributed by atoms with E-state index in [-0.39, 0.29) is 17.2 Å². The lowest BCUT2D eigenvalue weighted by Crippen LogP contribution is -2.07. The molecule has 0 radical (unpaired) electrons. The molecule has 6 heteroatoms. The molecule has 0 aliphatic carbocycles. The summed E-state index contributed by atoms with van der Waals surface area (Å²) in [6, 6.07) is 8.75. The van der Waals surface area contributed by atoms with E-state index in [2.05, 4.69) is 0 Å². The maximum Gasteiger partial charge on any atom is 0.342 e. The first-order valence-electron chi connectivity index (χ1n) is 6.06. The van der Waals surface area contributed by atoms with Crippen molar-refractivity contribution in [2.45, 2.75) is 6.61 Å². The first-order valence-corrected chi connectivity index (χ1v) is 6.43. The van der Waals surface area contributed by atoms with Gasteiger partial charge in [0.25, 0.3) is 0 Å². The fourth-order valence-electron chi connectivity index (χ4n) is 1.73. The predicted molar refractivity (Wildman–Crippen MR) is 77.9 cm³/mol. The van der Waals surface area contributed by atoms with Gasteiger partial charge in [0, 0.05) is 11.8 Å². The molecule has 0 spiro atoms. The van der Waals surface area contributed by atoms with E-state index < -0.39 is 11.8 Å². The van der Waals surface area contributed by atoms with Crippen LogP contribution in [0.1, 0.15) is 15.9 Å². The lowest BCUT2D eigenvalue weighted by molar-refractivity contribution is 0.0469. The van der Waals surface area contributed by atoms with E-state index in [1.165, 1.54) is 37.4 Å². The molecule has 0 aliphatic rings. The molecule has 0 atom stereocenters. The molecule has 110 valence electrons. The van der Waals surface area contributed by atoms with Gasteiger partial charge in [-0.1, -0.05) is 17.7 Å². The normalized spacial score (nSPS) is 10.2. The van der Waals surface area contributed by atoms with Crippen LogP contribution in [-0.2, 0) is 11.3 Å². The number of anilines is 1. The second-order valence-electron chi connectivity index (χ2n) is 4.28. The molecule has 0 saturated heterocycles. The molecule has 2 aromatic carbocycles. The van der Waals surface area contributed by atoms with Crippen molar-refractivity contribution in [3.8, 4) is 5.75 Å². The molecule has 0 heterocycles. The molecule has 0 amide bonds. The van der Waals surface area contributed by atoms with Crippen LogP contribution in [0.25, 0.3) is 0 Å². The van der Waals surface area contributed by atoms with Crippen LogP contribution in [-0.4, -0.2) is 13.1 Å². The summed E-state index contributed by atoms with van der Waals surface area (Å²) in [6.45, 7) is -0.0215. The number of carbonyl (C=O) groups is 1. The van der Waals surface area contributed by atoms with Crippen molar-refractivity contribution in [1.29, 1.82) is 0 Å². The van der Waals surface area contributed by atoms with E-state index in [1.54, 1.807) is 6.07 Å². The van der Waals surface area contributed by atoms with E-state index >= 15 is 0 Å². The van der Waals surface area contributed by atoms with E-state index in [0.29, 0.717) is 17.0 Å². The molecule has 0 saturated carbocycles. The molecular weight excluding hydrogens is 297 g/mol. The molecule has 0 unspecified atom stereocenters. The Morgan fingerprint density at radius 3 is 2.71 bits per heavy atom. The molecule has 0 aromatic heterocycles. The van der Waals surface area contributed by atoms with E-state index in [4.69, 9.17) is 26.8 Å². The SMILES string of the molecule is COc1cc(N)ccc1C(=O)OCc1ccc(F)c(Cl)c1. The highest BCUT2D eigenvalue weighted by Crippen LogP contribution is 2.23. The van der Waals surface area contributed by atoms with Gasteiger partial charge in [0.05, 0.1) is 12.1 Å². The molecule has 2 rings (SSSR count). The molecule has 0 bridgehead atoms. The van der Waals surface area contributed by atoms with Crippen molar-refractivity contribution in [2.75, 3.05) is 12.8 Å². The predicted octanol–water partition coefficient (Wildman–Crippen LogP) is 3.43. The Morgan fingerprint density at radius 2 is 2.05 bits per heavy atom. The van der Waals surface area contributed by atoms with Crippen molar-refractivity contribution >= 4 is 23.3 Å². The Morgan fingerprint density at radius 1 is 1.29 bits per heavy atom. The van der Waals surface area contributed by atoms with E-state index in [9.17, 15) is 9.18 Å². The number of hydrogen-bond donors (Lipinski definition) is 1. The van der Waals surface area contributed by atoms with Crippen LogP contribution in [0.5, 0.6) is 5.75 Å². The van der Waals surface area contributed by atoms with Crippen LogP contribution in [0.2, 0.25) is 5.02 Å². The third-order valence-electron chi connectivity index (χ3n) is 2.80. The number of benzene rings is 2. The second-order valence-corrected chi connectivity index (χ2v) is 4.69. The number of nitrogen functional groups attached to an aromatic ring is 1. The Hall–Kier alpha value is -2.27. The van der Waals surface area contributed by atoms with Gasteiger partial charge in [-0.25, -0.2) is 9.18 Å². The van der Waals surface area contributed by atoms with Gasteiger partial charge >= 0.3 is 5.97 Å². The summed E-state index contributed by atoms with van der Waals surface area (Å²) in [7, 11) is 1.44. The molecule has 21 heavy (non-hydrogen) atoms. The maximum absolute atomic E-state index is 13.0. The van der Waals surface area contributed by atoms with Crippen LogP contribution in [0, 0.1) is 5.82 Å². The number of hydrogen-bond acceptors (Lipinski definition) is 4. The molecule has 2 N–H and O–H groups in total. The van der Waals surface area contributed by atoms with Gasteiger partial charge in [-0.05, 0) is 29.8 Å². The standard InChI is InChI=1S/C15H13ClFNO3/c1-20-14-7-10(18)3-4-11(14)15(19)21-8-9-2-5-13(17)12(16)6-9/h2-7H,8,18H2,1H3. The van der Waals surface area contributed by atoms with Crippen molar-refractivity contribution in [1.82, 2.24) is 0 Å². The van der Waals surface area contributed by atoms with Gasteiger partial charge in [0.2, 0.25) is 0 Å². The van der Waals surface area contributed by atoms with Crippen LogP contribution >= 0.6 is 11.6 Å². The van der Waals surface area contributed by atoms with Gasteiger partial charge < -0.3 is 15.2 Å². The highest BCUT2D eigenvalue weighted by Gasteiger charge is 2.14. The summed E-state index contributed by atoms with van der Waals surface area (Å²) in [6.07, 6.45) is 0. The average Bonchev–Trinajstić information content (AvgIpc) is 2.48. The quantitative estimate of drug-likeness (QED) is 0.694. The molecular formula is C15H13ClFNO3. The Kier molecular flexibility index (Phi) is 4.65. The summed E-state index contributed by atoms with van der Waals surface area (Å²) >= 11 is 5.66. The minimum atomic E-state index is -0.563. The van der Waals surface area contributed by atoms with Crippen LogP contribution < -0.4 is 10.5 Å². The van der Waals surface area contributed by atoms with Crippen molar-refractivity contribution in [2.24, 2.45) is 0 Å². The molecule has 2 aromatic rings. The minimum absolute atomic E-state index is 0.0198. The number of nitrogens with two attached hydrogens (primary N) is 1. The third kappa shape index (κ3) is 3.64. The molecule has 0 aliphatic heterocycles. The summed E-state index contributed by atoms with van der Waals surface area (Å²) in [4.78, 5) is 12.0. The van der Waals surface area contributed by atoms with Crippen molar-refractivity contribution in [3.63, 3.8) is 0 Å². The number of esters is 1. The fraction of sp³-hybridized carbons (Fsp3) is 0.133. The van der Waals surface area contributed by atoms with Gasteiger partial charge in [0.15, 0.2) is 0 Å².